The Labute approximate surface area is 101 Å². The highest BCUT2D eigenvalue weighted by Gasteiger charge is 2.38. The van der Waals surface area contributed by atoms with Crippen molar-refractivity contribution in [2.75, 3.05) is 13.2 Å². The van der Waals surface area contributed by atoms with E-state index in [-0.39, 0.29) is 5.92 Å². The number of rotatable bonds is 3. The van der Waals surface area contributed by atoms with Crippen LogP contribution in [0.1, 0.15) is 33.6 Å². The average Bonchev–Trinajstić information content (AvgIpc) is 2.15. The third kappa shape index (κ3) is 4.34. The van der Waals surface area contributed by atoms with Gasteiger partial charge in [0.2, 0.25) is 0 Å². The molecule has 98 valence electrons. The monoisotopic (exact) mass is 244 g/mol. The molecule has 1 heterocycles. The number of carboxylic acids is 1. The first-order valence-electron chi connectivity index (χ1n) is 5.84. The van der Waals surface area contributed by atoms with Crippen LogP contribution < -0.4 is 0 Å². The van der Waals surface area contributed by atoms with Gasteiger partial charge in [-0.3, -0.25) is 9.59 Å². The molecule has 0 aromatic rings. The molecule has 0 aromatic carbocycles. The summed E-state index contributed by atoms with van der Waals surface area (Å²) in [6, 6.07) is 0. The number of aliphatic carboxylic acids is 1. The fraction of sp³-hybridized carbons (Fsp3) is 0.833. The zero-order valence-corrected chi connectivity index (χ0v) is 10.6. The molecule has 0 spiro atoms. The molecular weight excluding hydrogens is 224 g/mol. The lowest BCUT2D eigenvalue weighted by atomic mass is 9.86. The van der Waals surface area contributed by atoms with Crippen molar-refractivity contribution in [3.05, 3.63) is 0 Å². The summed E-state index contributed by atoms with van der Waals surface area (Å²) >= 11 is 0. The van der Waals surface area contributed by atoms with Crippen molar-refractivity contribution >= 4 is 11.9 Å². The Morgan fingerprint density at radius 3 is 2.24 bits per heavy atom. The van der Waals surface area contributed by atoms with Crippen molar-refractivity contribution in [3.63, 3.8) is 0 Å². The van der Waals surface area contributed by atoms with Gasteiger partial charge in [-0.05, 0) is 39.5 Å². The molecule has 1 atom stereocenters. The highest BCUT2D eigenvalue weighted by atomic mass is 16.6. The van der Waals surface area contributed by atoms with E-state index in [1.54, 1.807) is 20.8 Å². The molecule has 1 N–H and O–H groups in total. The first-order chi connectivity index (χ1) is 7.81. The molecule has 5 heteroatoms. The lowest BCUT2D eigenvalue weighted by Gasteiger charge is -2.29. The van der Waals surface area contributed by atoms with Crippen LogP contribution in [-0.4, -0.2) is 35.9 Å². The van der Waals surface area contributed by atoms with Gasteiger partial charge in [0.05, 0.1) is 0 Å². The lowest BCUT2D eigenvalue weighted by Crippen LogP contribution is -2.39. The van der Waals surface area contributed by atoms with Crippen LogP contribution in [0.4, 0.5) is 0 Å². The summed E-state index contributed by atoms with van der Waals surface area (Å²) in [6.45, 7) is 6.21. The molecule has 0 amide bonds. The van der Waals surface area contributed by atoms with E-state index < -0.39 is 23.5 Å². The van der Waals surface area contributed by atoms with Crippen molar-refractivity contribution in [1.29, 1.82) is 0 Å². The van der Waals surface area contributed by atoms with Crippen molar-refractivity contribution in [3.8, 4) is 0 Å². The molecule has 5 nitrogen and oxygen atoms in total. The van der Waals surface area contributed by atoms with Crippen LogP contribution >= 0.6 is 0 Å². The van der Waals surface area contributed by atoms with Crippen LogP contribution in [-0.2, 0) is 19.1 Å². The molecule has 17 heavy (non-hydrogen) atoms. The van der Waals surface area contributed by atoms with Crippen molar-refractivity contribution in [1.82, 2.24) is 0 Å². The van der Waals surface area contributed by atoms with Gasteiger partial charge in [0, 0.05) is 13.2 Å². The predicted molar refractivity (Wildman–Crippen MR) is 60.5 cm³/mol. The lowest BCUT2D eigenvalue weighted by molar-refractivity contribution is -0.171. The quantitative estimate of drug-likeness (QED) is 0.601. The number of carbonyl (C=O) groups excluding carboxylic acids is 1. The molecule has 0 aromatic heterocycles. The highest BCUT2D eigenvalue weighted by Crippen LogP contribution is 2.26. The average molecular weight is 244 g/mol. The Morgan fingerprint density at radius 2 is 1.82 bits per heavy atom. The fourth-order valence-corrected chi connectivity index (χ4v) is 1.91. The standard InChI is InChI=1S/C12H20O5/c1-12(2,3)17-11(15)9(10(13)14)8-4-6-16-7-5-8/h8-9H,4-7H2,1-3H3,(H,13,14)/t9-/m0/s1. The van der Waals surface area contributed by atoms with E-state index in [4.69, 9.17) is 14.6 Å². The largest absolute Gasteiger partial charge is 0.481 e. The van der Waals surface area contributed by atoms with Gasteiger partial charge in [-0.2, -0.15) is 0 Å². The molecule has 1 rings (SSSR count). The fourth-order valence-electron chi connectivity index (χ4n) is 1.91. The van der Waals surface area contributed by atoms with Crippen molar-refractivity contribution in [2.45, 2.75) is 39.2 Å². The first-order valence-corrected chi connectivity index (χ1v) is 5.84. The van der Waals surface area contributed by atoms with Gasteiger partial charge >= 0.3 is 11.9 Å². The number of carboxylic acid groups (broad SMARTS) is 1. The Morgan fingerprint density at radius 1 is 1.29 bits per heavy atom. The minimum Gasteiger partial charge on any atom is -0.481 e. The second-order valence-corrected chi connectivity index (χ2v) is 5.30. The maximum atomic E-state index is 11.9. The number of hydrogen-bond acceptors (Lipinski definition) is 4. The van der Waals surface area contributed by atoms with Crippen molar-refractivity contribution < 1.29 is 24.2 Å². The first kappa shape index (κ1) is 14.0. The molecule has 1 fully saturated rings. The molecule has 0 saturated carbocycles. The second kappa shape index (κ2) is 5.49. The van der Waals surface area contributed by atoms with Gasteiger partial charge in [-0.25, -0.2) is 0 Å². The summed E-state index contributed by atoms with van der Waals surface area (Å²) in [4.78, 5) is 23.0. The molecular formula is C12H20O5. The maximum absolute atomic E-state index is 11.9. The number of esters is 1. The van der Waals surface area contributed by atoms with E-state index in [0.717, 1.165) is 0 Å². The number of carbonyl (C=O) groups is 2. The number of ether oxygens (including phenoxy) is 2. The highest BCUT2D eigenvalue weighted by molar-refractivity contribution is 5.94. The molecule has 0 unspecified atom stereocenters. The molecule has 0 bridgehead atoms. The Kier molecular flexibility index (Phi) is 4.51. The summed E-state index contributed by atoms with van der Waals surface area (Å²) in [5.41, 5.74) is -0.657. The zero-order chi connectivity index (χ0) is 13.1. The van der Waals surface area contributed by atoms with Crippen molar-refractivity contribution in [2.24, 2.45) is 11.8 Å². The van der Waals surface area contributed by atoms with Gasteiger partial charge in [0.1, 0.15) is 5.60 Å². The summed E-state index contributed by atoms with van der Waals surface area (Å²) in [5, 5.41) is 9.15. The third-order valence-corrected chi connectivity index (χ3v) is 2.66. The van der Waals surface area contributed by atoms with E-state index in [1.807, 2.05) is 0 Å². The van der Waals surface area contributed by atoms with Crippen LogP contribution in [0.3, 0.4) is 0 Å². The van der Waals surface area contributed by atoms with E-state index in [1.165, 1.54) is 0 Å². The van der Waals surface area contributed by atoms with Gasteiger partial charge in [0.25, 0.3) is 0 Å². The molecule has 1 saturated heterocycles. The van der Waals surface area contributed by atoms with Crippen LogP contribution in [0.25, 0.3) is 0 Å². The summed E-state index contributed by atoms with van der Waals surface area (Å²) in [7, 11) is 0. The topological polar surface area (TPSA) is 72.8 Å². The Balaban J connectivity index is 2.71. The van der Waals surface area contributed by atoms with Crippen LogP contribution in [0.2, 0.25) is 0 Å². The van der Waals surface area contributed by atoms with Gasteiger partial charge in [-0.15, -0.1) is 0 Å². The minimum atomic E-state index is -1.11. The molecule has 0 radical (unpaired) electrons. The van der Waals surface area contributed by atoms with Crippen LogP contribution in [0.5, 0.6) is 0 Å². The van der Waals surface area contributed by atoms with Crippen LogP contribution in [0, 0.1) is 11.8 Å². The minimum absolute atomic E-state index is 0.184. The summed E-state index contributed by atoms with van der Waals surface area (Å²) in [6.07, 6.45) is 1.19. The van der Waals surface area contributed by atoms with Crippen LogP contribution in [0.15, 0.2) is 0 Å². The summed E-state index contributed by atoms with van der Waals surface area (Å²) < 4.78 is 10.3. The van der Waals surface area contributed by atoms with Gasteiger partial charge < -0.3 is 14.6 Å². The second-order valence-electron chi connectivity index (χ2n) is 5.30. The zero-order valence-electron chi connectivity index (χ0n) is 10.6. The SMILES string of the molecule is CC(C)(C)OC(=O)[C@H](C(=O)O)C1CCOCC1. The maximum Gasteiger partial charge on any atom is 0.321 e. The van der Waals surface area contributed by atoms with Gasteiger partial charge in [-0.1, -0.05) is 0 Å². The van der Waals surface area contributed by atoms with E-state index in [0.29, 0.717) is 26.1 Å². The Bertz CT molecular complexity index is 286. The molecule has 1 aliphatic rings. The molecule has 1 aliphatic heterocycles. The normalized spacial score (nSPS) is 19.7. The van der Waals surface area contributed by atoms with E-state index in [2.05, 4.69) is 0 Å². The van der Waals surface area contributed by atoms with E-state index >= 15 is 0 Å². The summed E-state index contributed by atoms with van der Waals surface area (Å²) in [5.74, 6) is -3.00. The predicted octanol–water partition coefficient (Wildman–Crippen LogP) is 1.46. The van der Waals surface area contributed by atoms with Gasteiger partial charge in [0.15, 0.2) is 5.92 Å². The Hall–Kier alpha value is -1.10. The third-order valence-electron chi connectivity index (χ3n) is 2.66. The number of hydrogen-bond donors (Lipinski definition) is 1. The van der Waals surface area contributed by atoms with E-state index in [9.17, 15) is 9.59 Å². The molecule has 0 aliphatic carbocycles. The smallest absolute Gasteiger partial charge is 0.321 e.